The second-order valence-corrected chi connectivity index (χ2v) is 6.34. The Balaban J connectivity index is 4.95. The summed E-state index contributed by atoms with van der Waals surface area (Å²) in [5, 5.41) is 0. The second-order valence-electron chi connectivity index (χ2n) is 5.12. The van der Waals surface area contributed by atoms with Crippen molar-refractivity contribution in [1.29, 1.82) is 0 Å². The van der Waals surface area contributed by atoms with E-state index in [0.29, 0.717) is 0 Å². The van der Waals surface area contributed by atoms with Crippen molar-refractivity contribution in [1.82, 2.24) is 0 Å². The quantitative estimate of drug-likeness (QED) is 0.604. The molecule has 0 aliphatic heterocycles. The Morgan fingerprint density at radius 3 is 1.27 bits per heavy atom. The lowest BCUT2D eigenvalue weighted by Gasteiger charge is -2.38. The molecule has 0 aromatic heterocycles. The van der Waals surface area contributed by atoms with Gasteiger partial charge in [-0.3, -0.25) is 0 Å². The normalized spacial score (nSPS) is 19.1. The van der Waals surface area contributed by atoms with Gasteiger partial charge in [0, 0.05) is 0 Å². The fourth-order valence-corrected chi connectivity index (χ4v) is 2.29. The summed E-state index contributed by atoms with van der Waals surface area (Å²) in [5.41, 5.74) is 0.306. The minimum Gasteiger partial charge on any atom is -0.0894 e. The van der Waals surface area contributed by atoms with Crippen LogP contribution in [-0.2, 0) is 0 Å². The van der Waals surface area contributed by atoms with Gasteiger partial charge in [0.05, 0.1) is 0 Å². The first-order valence-corrected chi connectivity index (χ1v) is 6.55. The summed E-state index contributed by atoms with van der Waals surface area (Å²) in [5.74, 6) is 0. The van der Waals surface area contributed by atoms with Crippen LogP contribution in [0.1, 0.15) is 60.8 Å². The molecule has 0 nitrogen and oxygen atoms in total. The SMILES string of the molecule is CCC(C)(CC(C)(CC)C(C)=S)C(C)=S. The molecule has 0 bridgehead atoms. The van der Waals surface area contributed by atoms with E-state index in [4.69, 9.17) is 24.4 Å². The Morgan fingerprint density at radius 1 is 0.867 bits per heavy atom. The van der Waals surface area contributed by atoms with Gasteiger partial charge >= 0.3 is 0 Å². The zero-order valence-corrected chi connectivity index (χ0v) is 12.6. The van der Waals surface area contributed by atoms with Crippen molar-refractivity contribution in [3.63, 3.8) is 0 Å². The summed E-state index contributed by atoms with van der Waals surface area (Å²) in [6, 6.07) is 0. The predicted octanol–water partition coefficient (Wildman–Crippen LogP) is 4.99. The maximum absolute atomic E-state index is 5.39. The van der Waals surface area contributed by atoms with Crippen LogP contribution in [0.15, 0.2) is 0 Å². The molecule has 88 valence electrons. The fourth-order valence-electron chi connectivity index (χ4n) is 1.86. The predicted molar refractivity (Wildman–Crippen MR) is 78.0 cm³/mol. The molecule has 2 atom stereocenters. The number of hydrogen-bond donors (Lipinski definition) is 0. The molecule has 0 fully saturated rings. The van der Waals surface area contributed by atoms with Crippen LogP contribution in [0.3, 0.4) is 0 Å². The molecular weight excluding hydrogens is 220 g/mol. The smallest absolute Gasteiger partial charge is 0.000854 e. The molecule has 0 spiro atoms. The molecule has 0 amide bonds. The van der Waals surface area contributed by atoms with Crippen LogP contribution in [0.2, 0.25) is 0 Å². The fraction of sp³-hybridized carbons (Fsp3) is 0.846. The third kappa shape index (κ3) is 3.60. The Bertz CT molecular complexity index is 231. The van der Waals surface area contributed by atoms with E-state index in [1.165, 1.54) is 0 Å². The summed E-state index contributed by atoms with van der Waals surface area (Å²) in [6.07, 6.45) is 3.28. The highest BCUT2D eigenvalue weighted by molar-refractivity contribution is 7.80. The summed E-state index contributed by atoms with van der Waals surface area (Å²) < 4.78 is 0. The van der Waals surface area contributed by atoms with Crippen LogP contribution in [0, 0.1) is 10.8 Å². The number of hydrogen-bond acceptors (Lipinski definition) is 2. The molecule has 0 aromatic rings. The first-order valence-electron chi connectivity index (χ1n) is 5.74. The lowest BCUT2D eigenvalue weighted by Crippen LogP contribution is -2.35. The maximum atomic E-state index is 5.39. The zero-order valence-electron chi connectivity index (χ0n) is 10.9. The minimum atomic E-state index is 0.153. The van der Waals surface area contributed by atoms with E-state index in [1.54, 1.807) is 0 Å². The van der Waals surface area contributed by atoms with Crippen molar-refractivity contribution < 1.29 is 0 Å². The molecule has 0 rings (SSSR count). The highest BCUT2D eigenvalue weighted by atomic mass is 32.1. The first kappa shape index (κ1) is 15.2. The molecular formula is C13H24S2. The van der Waals surface area contributed by atoms with Gasteiger partial charge in [0.25, 0.3) is 0 Å². The van der Waals surface area contributed by atoms with E-state index in [0.717, 1.165) is 29.0 Å². The molecule has 2 unspecified atom stereocenters. The van der Waals surface area contributed by atoms with Crippen molar-refractivity contribution in [2.24, 2.45) is 10.8 Å². The Morgan fingerprint density at radius 2 is 1.13 bits per heavy atom. The van der Waals surface area contributed by atoms with Gasteiger partial charge in [-0.25, -0.2) is 0 Å². The van der Waals surface area contributed by atoms with Crippen LogP contribution < -0.4 is 0 Å². The van der Waals surface area contributed by atoms with Crippen LogP contribution in [0.5, 0.6) is 0 Å². The average Bonchev–Trinajstić information content (AvgIpc) is 2.16. The van der Waals surface area contributed by atoms with Crippen molar-refractivity contribution >= 4 is 34.2 Å². The summed E-state index contributed by atoms with van der Waals surface area (Å²) in [6.45, 7) is 13.1. The van der Waals surface area contributed by atoms with Crippen molar-refractivity contribution in [2.75, 3.05) is 0 Å². The first-order chi connectivity index (χ1) is 6.72. The monoisotopic (exact) mass is 244 g/mol. The van der Waals surface area contributed by atoms with Crippen LogP contribution >= 0.6 is 24.4 Å². The van der Waals surface area contributed by atoms with Gasteiger partial charge in [-0.05, 0) is 53.7 Å². The highest BCUT2D eigenvalue weighted by Gasteiger charge is 2.35. The van der Waals surface area contributed by atoms with Crippen molar-refractivity contribution in [3.05, 3.63) is 0 Å². The van der Waals surface area contributed by atoms with Crippen LogP contribution in [-0.4, -0.2) is 9.73 Å². The maximum Gasteiger partial charge on any atom is -0.000854 e. The van der Waals surface area contributed by atoms with Crippen molar-refractivity contribution in [2.45, 2.75) is 60.8 Å². The molecule has 0 aliphatic rings. The molecule has 0 N–H and O–H groups in total. The van der Waals surface area contributed by atoms with Crippen LogP contribution in [0.4, 0.5) is 0 Å². The summed E-state index contributed by atoms with van der Waals surface area (Å²) in [4.78, 5) is 2.22. The van der Waals surface area contributed by atoms with E-state index in [1.807, 2.05) is 0 Å². The zero-order chi connectivity index (χ0) is 12.3. The largest absolute Gasteiger partial charge is 0.0894 e. The summed E-state index contributed by atoms with van der Waals surface area (Å²) in [7, 11) is 0. The topological polar surface area (TPSA) is 0 Å². The standard InChI is InChI=1S/C13H24S2/c1-7-12(5,10(3)14)9-13(6,8-2)11(4)15/h7-9H2,1-6H3. The number of rotatable bonds is 6. The lowest BCUT2D eigenvalue weighted by atomic mass is 9.68. The van der Waals surface area contributed by atoms with Gasteiger partial charge in [0.15, 0.2) is 0 Å². The Kier molecular flexibility index (Phi) is 5.56. The van der Waals surface area contributed by atoms with E-state index < -0.39 is 0 Å². The van der Waals surface area contributed by atoms with Gasteiger partial charge in [0.2, 0.25) is 0 Å². The summed E-state index contributed by atoms with van der Waals surface area (Å²) >= 11 is 10.8. The molecule has 0 saturated heterocycles. The third-order valence-electron chi connectivity index (χ3n) is 4.04. The van der Waals surface area contributed by atoms with E-state index in [2.05, 4.69) is 41.5 Å². The van der Waals surface area contributed by atoms with E-state index >= 15 is 0 Å². The molecule has 0 heterocycles. The molecule has 0 aliphatic carbocycles. The van der Waals surface area contributed by atoms with Gasteiger partial charge in [-0.2, -0.15) is 0 Å². The molecule has 0 radical (unpaired) electrons. The van der Waals surface area contributed by atoms with E-state index in [9.17, 15) is 0 Å². The van der Waals surface area contributed by atoms with Crippen LogP contribution in [0.25, 0.3) is 0 Å². The highest BCUT2D eigenvalue weighted by Crippen LogP contribution is 2.41. The van der Waals surface area contributed by atoms with Gasteiger partial charge in [0.1, 0.15) is 0 Å². The Hall–Kier alpha value is 0.180. The second kappa shape index (κ2) is 5.49. The van der Waals surface area contributed by atoms with E-state index in [-0.39, 0.29) is 10.8 Å². The third-order valence-corrected chi connectivity index (χ3v) is 5.03. The average molecular weight is 244 g/mol. The van der Waals surface area contributed by atoms with Gasteiger partial charge in [-0.1, -0.05) is 52.1 Å². The lowest BCUT2D eigenvalue weighted by molar-refractivity contribution is 0.282. The minimum absolute atomic E-state index is 0.153. The number of thiocarbonyl (C=S) groups is 2. The van der Waals surface area contributed by atoms with Gasteiger partial charge < -0.3 is 0 Å². The van der Waals surface area contributed by atoms with Gasteiger partial charge in [-0.15, -0.1) is 0 Å². The Labute approximate surface area is 106 Å². The molecule has 2 heteroatoms. The van der Waals surface area contributed by atoms with Crippen molar-refractivity contribution in [3.8, 4) is 0 Å². The molecule has 0 aromatic carbocycles. The molecule has 0 saturated carbocycles. The molecule has 15 heavy (non-hydrogen) atoms.